The van der Waals surface area contributed by atoms with E-state index in [4.69, 9.17) is 0 Å². The van der Waals surface area contributed by atoms with Crippen molar-refractivity contribution in [2.45, 2.75) is 182 Å². The maximum atomic E-state index is 14.6. The van der Waals surface area contributed by atoms with E-state index < -0.39 is 42.6 Å². The second-order valence-electron chi connectivity index (χ2n) is 22.2. The van der Waals surface area contributed by atoms with Crippen LogP contribution in [-0.4, -0.2) is 65.9 Å². The Kier molecular flexibility index (Phi) is 26.6. The van der Waals surface area contributed by atoms with E-state index in [9.17, 15) is 47.3 Å². The van der Waals surface area contributed by atoms with Gasteiger partial charge in [0.1, 0.15) is 35.0 Å². The van der Waals surface area contributed by atoms with E-state index in [0.717, 1.165) is 112 Å². The van der Waals surface area contributed by atoms with Gasteiger partial charge in [-0.25, -0.2) is 21.4 Å². The zero-order valence-corrected chi connectivity index (χ0v) is 53.1. The molecule has 5 aromatic rings. The number of nitriles is 3. The lowest BCUT2D eigenvalue weighted by molar-refractivity contribution is 0.270. The Hall–Kier alpha value is -7.15. The van der Waals surface area contributed by atoms with Crippen LogP contribution in [-0.2, 0) is 20.0 Å². The van der Waals surface area contributed by atoms with E-state index >= 15 is 0 Å². The van der Waals surface area contributed by atoms with Gasteiger partial charge < -0.3 is 5.11 Å². The topological polar surface area (TPSA) is 260 Å². The third-order valence-corrected chi connectivity index (χ3v) is 20.0. The molecule has 20 heteroatoms. The molecular formula is C65H87N11O7S2. The second-order valence-corrected chi connectivity index (χ2v) is 26.1. The Morgan fingerprint density at radius 1 is 0.494 bits per heavy atom. The first-order chi connectivity index (χ1) is 40.8. The Bertz CT molecular complexity index is 3590. The monoisotopic (exact) mass is 1200 g/mol. The van der Waals surface area contributed by atoms with Crippen LogP contribution in [0.3, 0.4) is 0 Å². The molecule has 4 unspecified atom stereocenters. The van der Waals surface area contributed by atoms with Gasteiger partial charge in [0.25, 0.3) is 11.1 Å². The van der Waals surface area contributed by atoms with E-state index in [1.54, 1.807) is 32.9 Å². The summed E-state index contributed by atoms with van der Waals surface area (Å²) in [5, 5.41) is 61.0. The van der Waals surface area contributed by atoms with Crippen molar-refractivity contribution in [2.75, 3.05) is 26.2 Å². The minimum atomic E-state index is -4.03. The van der Waals surface area contributed by atoms with Gasteiger partial charge in [0, 0.05) is 37.3 Å². The molecule has 5 rings (SSSR count). The summed E-state index contributed by atoms with van der Waals surface area (Å²) >= 11 is 0. The molecule has 0 amide bonds. The number of hydrogen-bond acceptors (Lipinski definition) is 14. The lowest BCUT2D eigenvalue weighted by atomic mass is 9.97. The van der Waals surface area contributed by atoms with E-state index in [1.165, 1.54) is 62.4 Å². The molecule has 2 heterocycles. The average molecular weight is 1200 g/mol. The first-order valence-corrected chi connectivity index (χ1v) is 33.3. The third kappa shape index (κ3) is 17.1. The molecule has 3 aromatic carbocycles. The first kappa shape index (κ1) is 68.6. The summed E-state index contributed by atoms with van der Waals surface area (Å²) in [5.74, 6) is -0.0482. The summed E-state index contributed by atoms with van der Waals surface area (Å²) < 4.78 is 63.5. The molecule has 0 bridgehead atoms. The zero-order chi connectivity index (χ0) is 62.4. The molecule has 0 saturated carbocycles. The van der Waals surface area contributed by atoms with Crippen molar-refractivity contribution in [3.63, 3.8) is 0 Å². The number of hydrogen-bond donors (Lipinski definition) is 1. The number of aromatic nitrogens is 2. The molecule has 0 fully saturated rings. The molecule has 0 saturated heterocycles. The Morgan fingerprint density at radius 3 is 1.21 bits per heavy atom. The average Bonchev–Trinajstić information content (AvgIpc) is 1.56. The highest BCUT2D eigenvalue weighted by molar-refractivity contribution is 7.89. The maximum Gasteiger partial charge on any atom is 0.276 e. The number of aromatic hydroxyl groups is 1. The highest BCUT2D eigenvalue weighted by Gasteiger charge is 2.32. The van der Waals surface area contributed by atoms with Crippen molar-refractivity contribution in [3.8, 4) is 35.5 Å². The normalized spacial score (nSPS) is 13.5. The van der Waals surface area contributed by atoms with Crippen molar-refractivity contribution in [1.29, 1.82) is 15.8 Å². The number of nitrogens with zero attached hydrogens (tertiary/aromatic N) is 11. The van der Waals surface area contributed by atoms with E-state index in [-0.39, 0.29) is 90.0 Å². The van der Waals surface area contributed by atoms with Gasteiger partial charge in [-0.05, 0) is 118 Å². The second kappa shape index (κ2) is 32.9. The number of benzene rings is 3. The minimum absolute atomic E-state index is 0.0118. The maximum absolute atomic E-state index is 14.6. The van der Waals surface area contributed by atoms with Crippen molar-refractivity contribution in [1.82, 2.24) is 17.7 Å². The van der Waals surface area contributed by atoms with Gasteiger partial charge in [-0.1, -0.05) is 151 Å². The number of unbranched alkanes of at least 4 members (excludes halogenated alkanes) is 4. The van der Waals surface area contributed by atoms with Crippen molar-refractivity contribution in [2.24, 2.45) is 44.1 Å². The Labute approximate surface area is 504 Å². The zero-order valence-electron chi connectivity index (χ0n) is 51.5. The van der Waals surface area contributed by atoms with Crippen LogP contribution in [0.5, 0.6) is 5.88 Å². The van der Waals surface area contributed by atoms with Crippen LogP contribution >= 0.6 is 0 Å². The molecule has 1 N–H and O–H groups in total. The van der Waals surface area contributed by atoms with Crippen molar-refractivity contribution < 1.29 is 21.9 Å². The van der Waals surface area contributed by atoms with Crippen LogP contribution in [0.2, 0.25) is 0 Å². The van der Waals surface area contributed by atoms with Crippen LogP contribution in [0.4, 0.5) is 22.7 Å². The predicted molar refractivity (Wildman–Crippen MR) is 335 cm³/mol. The van der Waals surface area contributed by atoms with Gasteiger partial charge in [-0.2, -0.15) is 34.6 Å². The van der Waals surface area contributed by atoms with Crippen LogP contribution in [0.25, 0.3) is 11.4 Å². The standard InChI is InChI=1S/C65H87N11O7S2/c1-11-19-26-48(15-5)42-73(43-49(16-6)27-20-12-2)84(80,81)56-34-23-30-52(36-56)69-71-61-46(9)58(39-66)63(77)75(60(61)41-68)54-32-25-33-55(38-54)76-64(78)59(40-67)47(10)62(65(76)79)72-70-53-31-24-35-57(37-53)85(82,83)74(44-50(17-7)28-21-13-3)45-51(18-8)29-22-14-4/h23-25,30-38,48-51,79H,11-22,26-29,42-45H2,1-10H3/b71-69+,72-70+. The fourth-order valence-corrected chi connectivity index (χ4v) is 14.0. The molecule has 85 heavy (non-hydrogen) atoms. The lowest BCUT2D eigenvalue weighted by Gasteiger charge is -2.30. The molecular weight excluding hydrogens is 1110 g/mol. The number of rotatable bonds is 34. The molecule has 18 nitrogen and oxygen atoms in total. The first-order valence-electron chi connectivity index (χ1n) is 30.4. The fourth-order valence-electron chi connectivity index (χ4n) is 10.7. The van der Waals surface area contributed by atoms with Gasteiger partial charge in [0.15, 0.2) is 11.4 Å². The van der Waals surface area contributed by atoms with Crippen LogP contribution in [0, 0.1) is 71.5 Å². The van der Waals surface area contributed by atoms with E-state index in [1.807, 2.05) is 18.2 Å². The smallest absolute Gasteiger partial charge is 0.276 e. The van der Waals surface area contributed by atoms with Gasteiger partial charge >= 0.3 is 0 Å². The van der Waals surface area contributed by atoms with Crippen LogP contribution in [0.15, 0.2) is 113 Å². The molecule has 4 atom stereocenters. The van der Waals surface area contributed by atoms with E-state index in [2.05, 4.69) is 75.8 Å². The summed E-state index contributed by atoms with van der Waals surface area (Å²) in [5.41, 5.74) is -3.26. The summed E-state index contributed by atoms with van der Waals surface area (Å²) in [6.07, 6.45) is 15.0. The fraction of sp³-hybridized carbons (Fsp3) is 0.523. The highest BCUT2D eigenvalue weighted by atomic mass is 32.2. The molecule has 0 aliphatic rings. The SMILES string of the molecule is CCCCC(CC)CN(CC(CC)CCCC)S(=O)(=O)c1cccc(/N=N/c2c(C)c(C#N)c(=O)n(-c3cccc(-n4c(C#N)c(/N=N/c5cccc(S(=O)(=O)N(CC(CC)CCCC)CC(CC)CCCC)c5)c(C)c(C#N)c4=O)c3)c2O)c1. The van der Waals surface area contributed by atoms with Crippen LogP contribution < -0.4 is 11.1 Å². The number of pyridine rings is 2. The molecule has 0 spiro atoms. The molecule has 456 valence electrons. The van der Waals surface area contributed by atoms with Gasteiger partial charge in [0.2, 0.25) is 25.9 Å². The molecule has 2 aromatic heterocycles. The van der Waals surface area contributed by atoms with Gasteiger partial charge in [-0.15, -0.1) is 10.2 Å². The summed E-state index contributed by atoms with van der Waals surface area (Å²) in [7, 11) is -8.06. The number of azo groups is 2. The Morgan fingerprint density at radius 2 is 0.847 bits per heavy atom. The third-order valence-electron chi connectivity index (χ3n) is 16.3. The van der Waals surface area contributed by atoms with Crippen molar-refractivity contribution in [3.05, 3.63) is 121 Å². The van der Waals surface area contributed by atoms with E-state index in [0.29, 0.717) is 26.2 Å². The minimum Gasteiger partial charge on any atom is -0.493 e. The van der Waals surface area contributed by atoms with Crippen molar-refractivity contribution >= 4 is 42.8 Å². The number of sulfonamides is 2. The lowest BCUT2D eigenvalue weighted by Crippen LogP contribution is -2.39. The van der Waals surface area contributed by atoms with Gasteiger partial charge in [-0.3, -0.25) is 14.2 Å². The molecule has 0 aliphatic heterocycles. The highest BCUT2D eigenvalue weighted by Crippen LogP contribution is 2.37. The Balaban J connectivity index is 1.59. The predicted octanol–water partition coefficient (Wildman–Crippen LogP) is 15.6. The van der Waals surface area contributed by atoms with Crippen LogP contribution in [0.1, 0.15) is 186 Å². The summed E-state index contributed by atoms with van der Waals surface area (Å²) in [6.45, 7) is 21.2. The molecule has 0 aliphatic carbocycles. The summed E-state index contributed by atoms with van der Waals surface area (Å²) in [4.78, 5) is 28.5. The van der Waals surface area contributed by atoms with Gasteiger partial charge in [0.05, 0.1) is 32.5 Å². The molecule has 0 radical (unpaired) electrons. The largest absolute Gasteiger partial charge is 0.493 e. The quantitative estimate of drug-likeness (QED) is 0.0381. The summed E-state index contributed by atoms with van der Waals surface area (Å²) in [6, 6.07) is 23.5.